The monoisotopic (exact) mass is 489 g/mol. The van der Waals surface area contributed by atoms with E-state index in [4.69, 9.17) is 0 Å². The second-order valence-electron chi connectivity index (χ2n) is 10.2. The van der Waals surface area contributed by atoms with Crippen LogP contribution in [-0.2, 0) is 5.41 Å². The lowest BCUT2D eigenvalue weighted by Gasteiger charge is -2.39. The third-order valence-corrected chi connectivity index (χ3v) is 7.82. The number of hydrogen-bond donors (Lipinski definition) is 0. The van der Waals surface area contributed by atoms with Gasteiger partial charge in [-0.15, -0.1) is 0 Å². The predicted molar refractivity (Wildman–Crippen MR) is 159 cm³/mol. The van der Waals surface area contributed by atoms with Crippen molar-refractivity contribution < 1.29 is 0 Å². The molecular weight excluding hydrogens is 446 g/mol. The molecule has 0 aliphatic heterocycles. The molecule has 4 aromatic carbocycles. The van der Waals surface area contributed by atoms with Crippen molar-refractivity contribution in [3.8, 4) is 0 Å². The van der Waals surface area contributed by atoms with Crippen molar-refractivity contribution in [2.24, 2.45) is 0 Å². The van der Waals surface area contributed by atoms with Crippen LogP contribution < -0.4 is 0 Å². The van der Waals surface area contributed by atoms with Gasteiger partial charge < -0.3 is 0 Å². The Labute approximate surface area is 225 Å². The standard InChI is InChI=1S/C36H43N/c1-3-5-29-37(30-6-4-2)35(31-19-11-7-12-20-31)27-28-36(32-21-13-8-14-22-32,33-23-15-9-16-24-33)34-25-17-10-18-26-34/h7-26,35H,3-6,27-30H2,1-2H3. The average molecular weight is 490 g/mol. The maximum Gasteiger partial charge on any atom is 0.0452 e. The summed E-state index contributed by atoms with van der Waals surface area (Å²) in [4.78, 5) is 2.77. The van der Waals surface area contributed by atoms with Gasteiger partial charge in [-0.25, -0.2) is 0 Å². The normalized spacial score (nSPS) is 12.5. The maximum atomic E-state index is 2.77. The lowest BCUT2D eigenvalue weighted by atomic mass is 9.66. The van der Waals surface area contributed by atoms with Gasteiger partial charge in [-0.3, -0.25) is 4.90 Å². The summed E-state index contributed by atoms with van der Waals surface area (Å²) in [6.07, 6.45) is 7.08. The van der Waals surface area contributed by atoms with Crippen LogP contribution in [0.5, 0.6) is 0 Å². The van der Waals surface area contributed by atoms with Crippen molar-refractivity contribution in [1.82, 2.24) is 4.90 Å². The number of nitrogens with zero attached hydrogens (tertiary/aromatic N) is 1. The fraction of sp³-hybridized carbons (Fsp3) is 0.333. The van der Waals surface area contributed by atoms with Crippen molar-refractivity contribution in [3.63, 3.8) is 0 Å². The van der Waals surface area contributed by atoms with E-state index in [1.807, 2.05) is 0 Å². The Morgan fingerprint density at radius 3 is 1.30 bits per heavy atom. The molecule has 0 N–H and O–H groups in total. The molecule has 4 aromatic rings. The third kappa shape index (κ3) is 6.59. The van der Waals surface area contributed by atoms with Crippen LogP contribution in [0.3, 0.4) is 0 Å². The Morgan fingerprint density at radius 1 is 0.541 bits per heavy atom. The summed E-state index contributed by atoms with van der Waals surface area (Å²) in [5.74, 6) is 0. The molecule has 0 saturated heterocycles. The highest BCUT2D eigenvalue weighted by Crippen LogP contribution is 2.45. The minimum atomic E-state index is -0.210. The quantitative estimate of drug-likeness (QED) is 0.159. The molecule has 4 rings (SSSR count). The van der Waals surface area contributed by atoms with Crippen LogP contribution in [0.25, 0.3) is 0 Å². The van der Waals surface area contributed by atoms with Crippen LogP contribution in [0.2, 0.25) is 0 Å². The highest BCUT2D eigenvalue weighted by Gasteiger charge is 2.37. The highest BCUT2D eigenvalue weighted by molar-refractivity contribution is 5.50. The van der Waals surface area contributed by atoms with Gasteiger partial charge in [0.15, 0.2) is 0 Å². The van der Waals surface area contributed by atoms with E-state index in [1.54, 1.807) is 0 Å². The molecule has 37 heavy (non-hydrogen) atoms. The lowest BCUT2D eigenvalue weighted by molar-refractivity contribution is 0.174. The van der Waals surface area contributed by atoms with Crippen molar-refractivity contribution in [1.29, 1.82) is 0 Å². The van der Waals surface area contributed by atoms with E-state index in [1.165, 1.54) is 47.9 Å². The van der Waals surface area contributed by atoms with Crippen LogP contribution in [0.1, 0.15) is 80.7 Å². The van der Waals surface area contributed by atoms with Gasteiger partial charge in [0.2, 0.25) is 0 Å². The first kappa shape index (κ1) is 26.9. The van der Waals surface area contributed by atoms with Gasteiger partial charge in [-0.2, -0.15) is 0 Å². The summed E-state index contributed by atoms with van der Waals surface area (Å²) in [5.41, 5.74) is 5.34. The molecule has 0 spiro atoms. The van der Waals surface area contributed by atoms with Gasteiger partial charge in [0.05, 0.1) is 0 Å². The molecule has 0 radical (unpaired) electrons. The molecular formula is C36H43N. The van der Waals surface area contributed by atoms with E-state index in [0.29, 0.717) is 6.04 Å². The van der Waals surface area contributed by atoms with E-state index in [2.05, 4.69) is 140 Å². The van der Waals surface area contributed by atoms with Crippen molar-refractivity contribution in [3.05, 3.63) is 144 Å². The molecule has 0 fully saturated rings. The first-order chi connectivity index (χ1) is 18.3. The summed E-state index contributed by atoms with van der Waals surface area (Å²) in [7, 11) is 0. The fourth-order valence-corrected chi connectivity index (χ4v) is 5.84. The van der Waals surface area contributed by atoms with E-state index >= 15 is 0 Å². The van der Waals surface area contributed by atoms with Crippen molar-refractivity contribution in [2.45, 2.75) is 63.8 Å². The van der Waals surface area contributed by atoms with Crippen LogP contribution in [0.4, 0.5) is 0 Å². The SMILES string of the molecule is CCCCN(CCCC)C(CCC(c1ccccc1)(c1ccccc1)c1ccccc1)c1ccccc1. The minimum Gasteiger partial charge on any atom is -0.296 e. The van der Waals surface area contributed by atoms with Crippen LogP contribution in [-0.4, -0.2) is 18.0 Å². The van der Waals surface area contributed by atoms with Gasteiger partial charge in [-0.05, 0) is 61.0 Å². The molecule has 192 valence electrons. The zero-order valence-corrected chi connectivity index (χ0v) is 22.7. The average Bonchev–Trinajstić information content (AvgIpc) is 2.98. The minimum absolute atomic E-state index is 0.210. The predicted octanol–water partition coefficient (Wildman–Crippen LogP) is 9.44. The van der Waals surface area contributed by atoms with E-state index in [9.17, 15) is 0 Å². The van der Waals surface area contributed by atoms with Crippen molar-refractivity contribution in [2.75, 3.05) is 13.1 Å². The van der Waals surface area contributed by atoms with Crippen LogP contribution in [0, 0.1) is 0 Å². The topological polar surface area (TPSA) is 3.24 Å². The highest BCUT2D eigenvalue weighted by atomic mass is 15.1. The largest absolute Gasteiger partial charge is 0.296 e. The molecule has 0 saturated carbocycles. The van der Waals surface area contributed by atoms with Gasteiger partial charge in [0.25, 0.3) is 0 Å². The molecule has 0 heterocycles. The molecule has 1 atom stereocenters. The molecule has 0 bridgehead atoms. The summed E-state index contributed by atoms with van der Waals surface area (Å²) in [6, 6.07) is 45.1. The van der Waals surface area contributed by atoms with Gasteiger partial charge >= 0.3 is 0 Å². The smallest absolute Gasteiger partial charge is 0.0452 e. The lowest BCUT2D eigenvalue weighted by Crippen LogP contribution is -2.35. The molecule has 0 aromatic heterocycles. The molecule has 0 aliphatic carbocycles. The second-order valence-corrected chi connectivity index (χ2v) is 10.2. The Hall–Kier alpha value is -3.16. The van der Waals surface area contributed by atoms with E-state index in [0.717, 1.165) is 25.9 Å². The van der Waals surface area contributed by atoms with Gasteiger partial charge in [0.1, 0.15) is 0 Å². The van der Waals surface area contributed by atoms with Gasteiger partial charge in [-0.1, -0.05) is 148 Å². The van der Waals surface area contributed by atoms with E-state index in [-0.39, 0.29) is 5.41 Å². The Bertz CT molecular complexity index is 1030. The zero-order chi connectivity index (χ0) is 25.8. The molecule has 1 heteroatoms. The summed E-state index contributed by atoms with van der Waals surface area (Å²) in [5, 5.41) is 0. The van der Waals surface area contributed by atoms with Crippen LogP contribution in [0.15, 0.2) is 121 Å². The Morgan fingerprint density at radius 2 is 0.919 bits per heavy atom. The number of rotatable bonds is 14. The number of benzene rings is 4. The Balaban J connectivity index is 1.81. The summed E-state index contributed by atoms with van der Waals surface area (Å²) in [6.45, 7) is 6.93. The second kappa shape index (κ2) is 14.0. The maximum absolute atomic E-state index is 2.77. The number of unbranched alkanes of at least 4 members (excludes halogenated alkanes) is 2. The zero-order valence-electron chi connectivity index (χ0n) is 22.7. The van der Waals surface area contributed by atoms with Gasteiger partial charge in [0, 0.05) is 11.5 Å². The van der Waals surface area contributed by atoms with Crippen LogP contribution >= 0.6 is 0 Å². The van der Waals surface area contributed by atoms with Crippen molar-refractivity contribution >= 4 is 0 Å². The Kier molecular flexibility index (Phi) is 10.1. The van der Waals surface area contributed by atoms with E-state index < -0.39 is 0 Å². The third-order valence-electron chi connectivity index (χ3n) is 7.82. The molecule has 1 nitrogen and oxygen atoms in total. The molecule has 0 amide bonds. The molecule has 1 unspecified atom stereocenters. The first-order valence-corrected chi connectivity index (χ1v) is 14.2. The number of hydrogen-bond acceptors (Lipinski definition) is 1. The summed E-state index contributed by atoms with van der Waals surface area (Å²) >= 11 is 0. The summed E-state index contributed by atoms with van der Waals surface area (Å²) < 4.78 is 0. The fourth-order valence-electron chi connectivity index (χ4n) is 5.84. The molecule has 0 aliphatic rings. The first-order valence-electron chi connectivity index (χ1n) is 14.2.